The van der Waals surface area contributed by atoms with Crippen LogP contribution in [0, 0.1) is 11.8 Å². The van der Waals surface area contributed by atoms with Gasteiger partial charge in [-0.3, -0.25) is 9.59 Å². The molecule has 0 aliphatic carbocycles. The predicted molar refractivity (Wildman–Crippen MR) is 185 cm³/mol. The summed E-state index contributed by atoms with van der Waals surface area (Å²) >= 11 is 6.44. The zero-order valence-electron chi connectivity index (χ0n) is 25.7. The molecule has 2 aliphatic heterocycles. The predicted octanol–water partition coefficient (Wildman–Crippen LogP) is 7.24. The monoisotopic (exact) mass is 631 g/mol. The number of aliphatic hydroxyl groups is 1. The number of carbonyl (C=O) groups is 1. The van der Waals surface area contributed by atoms with Gasteiger partial charge >= 0.3 is 0 Å². The number of hydrogen-bond donors (Lipinski definition) is 2. The van der Waals surface area contributed by atoms with E-state index in [1.165, 1.54) is 0 Å². The lowest BCUT2D eigenvalue weighted by Gasteiger charge is -2.43. The van der Waals surface area contributed by atoms with Crippen LogP contribution in [0.2, 0.25) is 5.02 Å². The first-order valence-corrected chi connectivity index (χ1v) is 16.6. The molecular weight excluding hydrogens is 594 g/mol. The maximum atomic E-state index is 14.1. The van der Waals surface area contributed by atoms with Gasteiger partial charge < -0.3 is 19.9 Å². The van der Waals surface area contributed by atoms with Gasteiger partial charge in [-0.05, 0) is 66.5 Å². The summed E-state index contributed by atoms with van der Waals surface area (Å²) in [6.45, 7) is 2.35. The highest BCUT2D eigenvalue weighted by Gasteiger charge is 2.43. The molecule has 0 radical (unpaired) electrons. The maximum absolute atomic E-state index is 14.1. The van der Waals surface area contributed by atoms with Crippen LogP contribution in [0.4, 0.5) is 5.69 Å². The quantitative estimate of drug-likeness (QED) is 0.207. The molecule has 1 atom stereocenters. The van der Waals surface area contributed by atoms with Gasteiger partial charge in [-0.2, -0.15) is 0 Å². The Morgan fingerprint density at radius 3 is 2.04 bits per heavy atom. The minimum atomic E-state index is -1.13. The fourth-order valence-electron chi connectivity index (χ4n) is 7.63. The highest BCUT2D eigenvalue weighted by atomic mass is 35.5. The van der Waals surface area contributed by atoms with Crippen LogP contribution < -0.4 is 10.5 Å². The van der Waals surface area contributed by atoms with Gasteiger partial charge in [-0.1, -0.05) is 103 Å². The number of rotatable bonds is 6. The number of fused-ring (bicyclic) bond motifs is 1. The number of piperidine rings is 2. The van der Waals surface area contributed by atoms with Crippen LogP contribution in [0.1, 0.15) is 36.8 Å². The van der Waals surface area contributed by atoms with Crippen molar-refractivity contribution >= 4 is 34.1 Å². The number of anilines is 1. The number of H-pyrrole nitrogens is 1. The highest BCUT2D eigenvalue weighted by molar-refractivity contribution is 6.31. The zero-order chi connectivity index (χ0) is 31.7. The summed E-state index contributed by atoms with van der Waals surface area (Å²) < 4.78 is 0. The van der Waals surface area contributed by atoms with Crippen LogP contribution in [0.25, 0.3) is 22.0 Å². The van der Waals surface area contributed by atoms with Gasteiger partial charge in [0.25, 0.3) is 5.56 Å². The molecule has 2 fully saturated rings. The lowest BCUT2D eigenvalue weighted by Crippen LogP contribution is -2.50. The van der Waals surface area contributed by atoms with E-state index in [4.69, 9.17) is 11.6 Å². The number of aromatic amines is 1. The number of aromatic nitrogens is 1. The fraction of sp³-hybridized carbons (Fsp3) is 0.282. The Bertz CT molecular complexity index is 1850. The van der Waals surface area contributed by atoms with Crippen LogP contribution in [0.3, 0.4) is 0 Å². The summed E-state index contributed by atoms with van der Waals surface area (Å²) in [6.07, 6.45) is 3.00. The van der Waals surface area contributed by atoms with Gasteiger partial charge in [-0.15, -0.1) is 0 Å². The van der Waals surface area contributed by atoms with Crippen molar-refractivity contribution in [3.05, 3.63) is 136 Å². The minimum absolute atomic E-state index is 0.0272. The SMILES string of the molecule is O=C([C@@H]1CCCN(c2c(-c3ccccc3)c3cc(Cl)ccc3[nH]c2=O)C1)N1CCC(C(O)(c2ccccc2)c2ccccc2)CC1. The lowest BCUT2D eigenvalue weighted by molar-refractivity contribution is -0.138. The fourth-order valence-corrected chi connectivity index (χ4v) is 7.81. The van der Waals surface area contributed by atoms with E-state index in [0.717, 1.165) is 46.0 Å². The molecule has 46 heavy (non-hydrogen) atoms. The first-order chi connectivity index (χ1) is 22.4. The van der Waals surface area contributed by atoms with E-state index < -0.39 is 5.60 Å². The number of benzene rings is 4. The molecule has 7 heteroatoms. The number of amides is 1. The normalized spacial score (nSPS) is 17.7. The Labute approximate surface area is 274 Å². The molecule has 6 nitrogen and oxygen atoms in total. The van der Waals surface area contributed by atoms with E-state index in [-0.39, 0.29) is 23.3 Å². The third kappa shape index (κ3) is 5.61. The Balaban J connectivity index is 1.13. The molecule has 0 bridgehead atoms. The van der Waals surface area contributed by atoms with Crippen LogP contribution in [-0.2, 0) is 10.4 Å². The lowest BCUT2D eigenvalue weighted by atomic mass is 9.72. The average Bonchev–Trinajstić information content (AvgIpc) is 3.12. The average molecular weight is 632 g/mol. The molecule has 234 valence electrons. The summed E-state index contributed by atoms with van der Waals surface area (Å²) in [5.74, 6) is -0.112. The largest absolute Gasteiger partial charge is 0.380 e. The topological polar surface area (TPSA) is 76.6 Å². The third-order valence-corrected chi connectivity index (χ3v) is 10.2. The van der Waals surface area contributed by atoms with Crippen molar-refractivity contribution in [3.8, 4) is 11.1 Å². The van der Waals surface area contributed by atoms with Gasteiger partial charge in [0.1, 0.15) is 11.3 Å². The number of hydrogen-bond acceptors (Lipinski definition) is 4. The zero-order valence-corrected chi connectivity index (χ0v) is 26.5. The van der Waals surface area contributed by atoms with Crippen molar-refractivity contribution in [3.63, 3.8) is 0 Å². The molecule has 5 aromatic rings. The van der Waals surface area contributed by atoms with E-state index in [2.05, 4.69) is 9.88 Å². The first-order valence-electron chi connectivity index (χ1n) is 16.2. The van der Waals surface area contributed by atoms with Gasteiger partial charge in [0.05, 0.1) is 5.92 Å². The van der Waals surface area contributed by atoms with Crippen molar-refractivity contribution < 1.29 is 9.90 Å². The first kappa shape index (κ1) is 30.3. The molecule has 1 amide bonds. The number of halogens is 1. The van der Waals surface area contributed by atoms with Gasteiger partial charge in [0.15, 0.2) is 0 Å². The number of nitrogens with one attached hydrogen (secondary N) is 1. The standard InChI is InChI=1S/C39H38ClN3O3/c40-32-18-19-34-33(25-32)35(27-11-4-1-5-12-27)36(37(44)41-34)43-22-10-13-28(26-43)38(45)42-23-20-31(21-24-42)39(46,29-14-6-2-7-15-29)30-16-8-3-9-17-30/h1-9,11-12,14-19,25,28,31,46H,10,13,20-24,26H2,(H,41,44)/t28-/m1/s1. The molecule has 2 saturated heterocycles. The van der Waals surface area contributed by atoms with Gasteiger partial charge in [-0.25, -0.2) is 0 Å². The summed E-state index contributed by atoms with van der Waals surface area (Å²) in [7, 11) is 0. The molecule has 2 N–H and O–H groups in total. The smallest absolute Gasteiger partial charge is 0.272 e. The molecule has 0 saturated carbocycles. The number of nitrogens with zero attached hydrogens (tertiary/aromatic N) is 2. The Morgan fingerprint density at radius 2 is 1.41 bits per heavy atom. The molecule has 3 heterocycles. The molecular formula is C39H38ClN3O3. The molecule has 7 rings (SSSR count). The summed E-state index contributed by atoms with van der Waals surface area (Å²) in [5, 5.41) is 13.8. The van der Waals surface area contributed by atoms with Crippen molar-refractivity contribution in [1.82, 2.24) is 9.88 Å². The summed E-state index contributed by atoms with van der Waals surface area (Å²) in [6, 6.07) is 35.2. The Kier molecular flexibility index (Phi) is 8.41. The van der Waals surface area contributed by atoms with E-state index in [9.17, 15) is 14.7 Å². The van der Waals surface area contributed by atoms with Crippen molar-refractivity contribution in [1.29, 1.82) is 0 Å². The van der Waals surface area contributed by atoms with Crippen LogP contribution >= 0.6 is 11.6 Å². The number of carbonyl (C=O) groups excluding carboxylic acids is 1. The second-order valence-corrected chi connectivity index (χ2v) is 13.1. The molecule has 4 aromatic carbocycles. The summed E-state index contributed by atoms with van der Waals surface area (Å²) in [4.78, 5) is 34.9. The van der Waals surface area contributed by atoms with Crippen LogP contribution in [0.15, 0.2) is 114 Å². The summed E-state index contributed by atoms with van der Waals surface area (Å²) in [5.41, 5.74) is 3.57. The van der Waals surface area contributed by atoms with Crippen LogP contribution in [-0.4, -0.2) is 47.1 Å². The number of pyridine rings is 1. The third-order valence-electron chi connectivity index (χ3n) is 9.93. The van der Waals surface area contributed by atoms with Gasteiger partial charge in [0, 0.05) is 47.7 Å². The molecule has 0 unspecified atom stereocenters. The second kappa shape index (κ2) is 12.8. The van der Waals surface area contributed by atoms with Crippen molar-refractivity contribution in [2.45, 2.75) is 31.3 Å². The van der Waals surface area contributed by atoms with Gasteiger partial charge in [0.2, 0.25) is 5.91 Å². The Morgan fingerprint density at radius 1 is 0.804 bits per heavy atom. The Hall–Kier alpha value is -4.39. The van der Waals surface area contributed by atoms with E-state index >= 15 is 0 Å². The van der Waals surface area contributed by atoms with E-state index in [0.29, 0.717) is 49.7 Å². The number of likely N-dealkylation sites (tertiary alicyclic amines) is 1. The molecule has 1 aromatic heterocycles. The minimum Gasteiger partial charge on any atom is -0.380 e. The van der Waals surface area contributed by atoms with E-state index in [1.807, 2.05) is 108 Å². The van der Waals surface area contributed by atoms with Crippen molar-refractivity contribution in [2.75, 3.05) is 31.1 Å². The van der Waals surface area contributed by atoms with E-state index in [1.54, 1.807) is 6.07 Å². The molecule has 2 aliphatic rings. The highest BCUT2D eigenvalue weighted by Crippen LogP contribution is 2.42. The maximum Gasteiger partial charge on any atom is 0.272 e. The molecule has 0 spiro atoms. The second-order valence-electron chi connectivity index (χ2n) is 12.6. The van der Waals surface area contributed by atoms with Crippen LogP contribution in [0.5, 0.6) is 0 Å². The van der Waals surface area contributed by atoms with Crippen molar-refractivity contribution in [2.24, 2.45) is 11.8 Å².